The van der Waals surface area contributed by atoms with Crippen molar-refractivity contribution in [2.75, 3.05) is 0 Å². The minimum atomic E-state index is -0.307. The summed E-state index contributed by atoms with van der Waals surface area (Å²) >= 11 is 7.25. The fraction of sp³-hybridized carbons (Fsp3) is 0.250. The maximum Gasteiger partial charge on any atom is 0.241 e. The van der Waals surface area contributed by atoms with Crippen LogP contribution in [0.5, 0.6) is 0 Å². The van der Waals surface area contributed by atoms with Crippen LogP contribution in [0.25, 0.3) is 0 Å². The molecule has 0 bridgehead atoms. The molecule has 0 fully saturated rings. The molecule has 0 aromatic heterocycles. The minimum absolute atomic E-state index is 0.196. The Morgan fingerprint density at radius 2 is 2.16 bits per heavy atom. The molecule has 0 saturated heterocycles. The lowest BCUT2D eigenvalue weighted by molar-refractivity contribution is -0.129. The molecule has 1 N–H and O–H groups in total. The quantitative estimate of drug-likeness (QED) is 0.865. The third kappa shape index (κ3) is 3.27. The summed E-state index contributed by atoms with van der Waals surface area (Å²) in [4.78, 5) is 22.6. The molecule has 1 aliphatic heterocycles. The number of benzene rings is 1. The first kappa shape index (κ1) is 13.9. The topological polar surface area (TPSA) is 61.8 Å². The van der Waals surface area contributed by atoms with Crippen LogP contribution in [0.3, 0.4) is 0 Å². The molecule has 1 atom stereocenters. The van der Waals surface area contributed by atoms with Gasteiger partial charge in [-0.05, 0) is 17.7 Å². The molecule has 5 nitrogen and oxygen atoms in total. The Morgan fingerprint density at radius 3 is 2.74 bits per heavy atom. The Morgan fingerprint density at radius 1 is 1.42 bits per heavy atom. The van der Waals surface area contributed by atoms with E-state index in [9.17, 15) is 9.59 Å². The lowest BCUT2D eigenvalue weighted by Crippen LogP contribution is -2.25. The van der Waals surface area contributed by atoms with Gasteiger partial charge < -0.3 is 5.32 Å². The number of nitrogens with one attached hydrogen (secondary N) is 1. The molecule has 1 aliphatic rings. The van der Waals surface area contributed by atoms with Gasteiger partial charge in [-0.25, -0.2) is 5.01 Å². The molecular formula is C12H12ClN3O2S. The number of hydrogen-bond donors (Lipinski definition) is 1. The van der Waals surface area contributed by atoms with Crippen molar-refractivity contribution in [2.24, 2.45) is 5.10 Å². The molecule has 7 heteroatoms. The van der Waals surface area contributed by atoms with Crippen LogP contribution < -0.4 is 5.32 Å². The summed E-state index contributed by atoms with van der Waals surface area (Å²) in [6.07, 6.45) is 0. The van der Waals surface area contributed by atoms with Crippen molar-refractivity contribution >= 4 is 40.3 Å². The number of amides is 2. The summed E-state index contributed by atoms with van der Waals surface area (Å²) in [5.41, 5.74) is 0.858. The average molecular weight is 298 g/mol. The van der Waals surface area contributed by atoms with E-state index in [2.05, 4.69) is 10.4 Å². The van der Waals surface area contributed by atoms with Crippen molar-refractivity contribution in [1.29, 1.82) is 0 Å². The number of amidine groups is 1. The van der Waals surface area contributed by atoms with Gasteiger partial charge in [-0.1, -0.05) is 35.5 Å². The van der Waals surface area contributed by atoms with E-state index in [1.165, 1.54) is 30.6 Å². The highest BCUT2D eigenvalue weighted by Crippen LogP contribution is 2.39. The summed E-state index contributed by atoms with van der Waals surface area (Å²) in [5, 5.41) is 8.72. The number of thioether (sulfide) groups is 1. The minimum Gasteiger partial charge on any atom is -0.304 e. The van der Waals surface area contributed by atoms with Gasteiger partial charge in [0.2, 0.25) is 11.8 Å². The molecule has 1 aromatic rings. The summed E-state index contributed by atoms with van der Waals surface area (Å²) in [5.74, 6) is -0.417. The number of nitrogens with zero attached hydrogens (tertiary/aromatic N) is 2. The SMILES string of the molecule is CC(=O)NC1=NN(C(C)=O)[C@H](c2cccc(Cl)c2)S1. The number of hydrogen-bond acceptors (Lipinski definition) is 4. The van der Waals surface area contributed by atoms with Crippen molar-refractivity contribution in [3.05, 3.63) is 34.9 Å². The van der Waals surface area contributed by atoms with Crippen molar-refractivity contribution in [2.45, 2.75) is 19.2 Å². The van der Waals surface area contributed by atoms with Gasteiger partial charge >= 0.3 is 0 Å². The van der Waals surface area contributed by atoms with E-state index >= 15 is 0 Å². The lowest BCUT2D eigenvalue weighted by Gasteiger charge is -2.19. The molecule has 2 rings (SSSR count). The number of hydrazone groups is 1. The predicted octanol–water partition coefficient (Wildman–Crippen LogP) is 2.34. The molecule has 0 aliphatic carbocycles. The Labute approximate surface area is 120 Å². The third-order valence-corrected chi connectivity index (χ3v) is 3.72. The summed E-state index contributed by atoms with van der Waals surface area (Å²) in [6.45, 7) is 2.83. The Bertz CT molecular complexity index is 562. The van der Waals surface area contributed by atoms with E-state index in [1.807, 2.05) is 12.1 Å². The van der Waals surface area contributed by atoms with Gasteiger partial charge in [-0.2, -0.15) is 0 Å². The lowest BCUT2D eigenvalue weighted by atomic mass is 10.2. The van der Waals surface area contributed by atoms with E-state index in [1.54, 1.807) is 12.1 Å². The summed E-state index contributed by atoms with van der Waals surface area (Å²) in [7, 11) is 0. The summed E-state index contributed by atoms with van der Waals surface area (Å²) in [6, 6.07) is 7.22. The third-order valence-electron chi connectivity index (χ3n) is 2.38. The second kappa shape index (κ2) is 5.63. The van der Waals surface area contributed by atoms with Crippen LogP contribution in [0.15, 0.2) is 29.4 Å². The van der Waals surface area contributed by atoms with Gasteiger partial charge in [-0.15, -0.1) is 5.10 Å². The maximum atomic E-state index is 11.6. The zero-order chi connectivity index (χ0) is 14.0. The second-order valence-electron chi connectivity index (χ2n) is 3.98. The van der Waals surface area contributed by atoms with Crippen LogP contribution in [0.2, 0.25) is 5.02 Å². The van der Waals surface area contributed by atoms with Gasteiger partial charge in [0.15, 0.2) is 5.17 Å². The number of carbonyl (C=O) groups excluding carboxylic acids is 2. The molecule has 0 saturated carbocycles. The molecule has 2 amide bonds. The first-order chi connectivity index (χ1) is 8.97. The molecule has 0 radical (unpaired) electrons. The highest BCUT2D eigenvalue weighted by molar-refractivity contribution is 8.14. The smallest absolute Gasteiger partial charge is 0.241 e. The molecule has 19 heavy (non-hydrogen) atoms. The highest BCUT2D eigenvalue weighted by atomic mass is 35.5. The van der Waals surface area contributed by atoms with Crippen molar-refractivity contribution < 1.29 is 9.59 Å². The maximum absolute atomic E-state index is 11.6. The number of rotatable bonds is 1. The molecule has 0 unspecified atom stereocenters. The van der Waals surface area contributed by atoms with E-state index < -0.39 is 0 Å². The zero-order valence-corrected chi connectivity index (χ0v) is 12.0. The van der Waals surface area contributed by atoms with E-state index in [4.69, 9.17) is 11.6 Å². The van der Waals surface area contributed by atoms with Gasteiger partial charge in [0, 0.05) is 18.9 Å². The van der Waals surface area contributed by atoms with E-state index in [-0.39, 0.29) is 17.2 Å². The van der Waals surface area contributed by atoms with Gasteiger partial charge in [-0.3, -0.25) is 9.59 Å². The van der Waals surface area contributed by atoms with Crippen LogP contribution in [0.1, 0.15) is 24.8 Å². The Balaban J connectivity index is 2.26. The molecule has 1 heterocycles. The Hall–Kier alpha value is -1.53. The molecule has 100 valence electrons. The predicted molar refractivity (Wildman–Crippen MR) is 75.6 cm³/mol. The Kier molecular flexibility index (Phi) is 4.11. The average Bonchev–Trinajstić information content (AvgIpc) is 2.72. The van der Waals surface area contributed by atoms with E-state index in [0.29, 0.717) is 10.2 Å². The monoisotopic (exact) mass is 297 g/mol. The van der Waals surface area contributed by atoms with Gasteiger partial charge in [0.05, 0.1) is 0 Å². The molecular weight excluding hydrogens is 286 g/mol. The largest absolute Gasteiger partial charge is 0.304 e. The fourth-order valence-electron chi connectivity index (χ4n) is 1.64. The second-order valence-corrected chi connectivity index (χ2v) is 5.48. The highest BCUT2D eigenvalue weighted by Gasteiger charge is 2.32. The first-order valence-electron chi connectivity index (χ1n) is 5.55. The van der Waals surface area contributed by atoms with Gasteiger partial charge in [0.1, 0.15) is 5.37 Å². The summed E-state index contributed by atoms with van der Waals surface area (Å²) < 4.78 is 0. The van der Waals surface area contributed by atoms with Crippen LogP contribution in [-0.2, 0) is 9.59 Å². The van der Waals surface area contributed by atoms with Crippen molar-refractivity contribution in [3.8, 4) is 0 Å². The van der Waals surface area contributed by atoms with Crippen LogP contribution in [0.4, 0.5) is 0 Å². The van der Waals surface area contributed by atoms with Crippen LogP contribution in [0, 0.1) is 0 Å². The fourth-order valence-corrected chi connectivity index (χ4v) is 2.97. The standard InChI is InChI=1S/C12H12ClN3O2S/c1-7(17)14-12-15-16(8(2)18)11(19-12)9-4-3-5-10(13)6-9/h3-6,11H,1-2H3,(H,14,15,17)/t11-/m0/s1. The molecule has 0 spiro atoms. The zero-order valence-electron chi connectivity index (χ0n) is 10.4. The van der Waals surface area contributed by atoms with Crippen LogP contribution >= 0.6 is 23.4 Å². The van der Waals surface area contributed by atoms with Gasteiger partial charge in [0.25, 0.3) is 0 Å². The van der Waals surface area contributed by atoms with Crippen molar-refractivity contribution in [3.63, 3.8) is 0 Å². The number of halogens is 1. The number of carbonyl (C=O) groups is 2. The van der Waals surface area contributed by atoms with Crippen molar-refractivity contribution in [1.82, 2.24) is 10.3 Å². The normalized spacial score (nSPS) is 18.2. The first-order valence-corrected chi connectivity index (χ1v) is 6.81. The van der Waals surface area contributed by atoms with Crippen LogP contribution in [-0.4, -0.2) is 22.0 Å². The molecule has 1 aromatic carbocycles. The van der Waals surface area contributed by atoms with E-state index in [0.717, 1.165) is 5.56 Å².